The summed E-state index contributed by atoms with van der Waals surface area (Å²) in [7, 11) is 2.08. The van der Waals surface area contributed by atoms with E-state index in [1.165, 1.54) is 16.5 Å². The molecule has 0 radical (unpaired) electrons. The van der Waals surface area contributed by atoms with E-state index in [2.05, 4.69) is 63.5 Å². The van der Waals surface area contributed by atoms with Gasteiger partial charge in [0.05, 0.1) is 5.69 Å². The van der Waals surface area contributed by atoms with Crippen molar-refractivity contribution in [3.05, 3.63) is 60.4 Å². The summed E-state index contributed by atoms with van der Waals surface area (Å²) in [4.78, 5) is 12.5. The summed E-state index contributed by atoms with van der Waals surface area (Å²) in [5, 5.41) is 5.50. The molecule has 4 aromatic heterocycles. The molecule has 0 aliphatic carbocycles. The number of thiazole rings is 1. The van der Waals surface area contributed by atoms with Gasteiger partial charge in [0.25, 0.3) is 0 Å². The summed E-state index contributed by atoms with van der Waals surface area (Å²) >= 11 is 1.68. The number of para-hydroxylation sites is 1. The minimum Gasteiger partial charge on any atom is -0.350 e. The highest BCUT2D eigenvalue weighted by atomic mass is 32.1. The number of aromatic nitrogens is 4. The molecule has 0 atom stereocenters. The number of aromatic amines is 1. The molecule has 1 aromatic carbocycles. The van der Waals surface area contributed by atoms with Crippen LogP contribution in [0.1, 0.15) is 0 Å². The lowest BCUT2D eigenvalue weighted by atomic mass is 10.1. The van der Waals surface area contributed by atoms with E-state index in [1.807, 2.05) is 12.3 Å². The number of pyridine rings is 1. The number of hydrogen-bond acceptors (Lipinski definition) is 3. The quantitative estimate of drug-likeness (QED) is 0.503. The van der Waals surface area contributed by atoms with Crippen molar-refractivity contribution < 1.29 is 0 Å². The smallest absolute Gasteiger partial charge is 0.137 e. The van der Waals surface area contributed by atoms with E-state index in [0.29, 0.717) is 0 Å². The van der Waals surface area contributed by atoms with E-state index in [9.17, 15) is 0 Å². The van der Waals surface area contributed by atoms with Crippen LogP contribution in [0.2, 0.25) is 0 Å². The molecule has 0 unspecified atom stereocenters. The molecule has 0 aliphatic heterocycles. The average Bonchev–Trinajstić information content (AvgIpc) is 3.32. The number of benzene rings is 1. The van der Waals surface area contributed by atoms with E-state index in [4.69, 9.17) is 4.98 Å². The molecule has 1 N–H and O–H groups in total. The van der Waals surface area contributed by atoms with Gasteiger partial charge in [0.2, 0.25) is 0 Å². The van der Waals surface area contributed by atoms with E-state index in [-0.39, 0.29) is 0 Å². The summed E-state index contributed by atoms with van der Waals surface area (Å²) in [5.74, 6) is 0. The number of nitrogens with zero attached hydrogens (tertiary/aromatic N) is 3. The minimum absolute atomic E-state index is 0.896. The van der Waals surface area contributed by atoms with Gasteiger partial charge in [-0.15, -0.1) is 11.3 Å². The molecule has 0 bridgehead atoms. The Morgan fingerprint density at radius 2 is 1.92 bits per heavy atom. The Balaban J connectivity index is 1.67. The highest BCUT2D eigenvalue weighted by Gasteiger charge is 2.14. The van der Waals surface area contributed by atoms with Crippen molar-refractivity contribution in [3.8, 4) is 21.8 Å². The Labute approximate surface area is 142 Å². The second-order valence-electron chi connectivity index (χ2n) is 5.81. The lowest BCUT2D eigenvalue weighted by Gasteiger charge is -1.95. The second kappa shape index (κ2) is 5.04. The summed E-state index contributed by atoms with van der Waals surface area (Å²) < 4.78 is 2.15. The van der Waals surface area contributed by atoms with Crippen molar-refractivity contribution >= 4 is 33.3 Å². The van der Waals surface area contributed by atoms with Gasteiger partial charge in [-0.1, -0.05) is 18.2 Å². The Kier molecular flexibility index (Phi) is 2.84. The maximum atomic E-state index is 4.89. The number of nitrogens with one attached hydrogen (secondary N) is 1. The minimum atomic E-state index is 0.896. The average molecular weight is 330 g/mol. The van der Waals surface area contributed by atoms with Crippen LogP contribution in [-0.4, -0.2) is 19.5 Å². The van der Waals surface area contributed by atoms with Gasteiger partial charge < -0.3 is 9.55 Å². The highest BCUT2D eigenvalue weighted by Crippen LogP contribution is 2.36. The molecule has 5 rings (SSSR count). The van der Waals surface area contributed by atoms with Crippen LogP contribution >= 0.6 is 11.3 Å². The first-order valence-corrected chi connectivity index (χ1v) is 8.61. The molecule has 0 amide bonds. The van der Waals surface area contributed by atoms with E-state index >= 15 is 0 Å². The molecular formula is C19H14N4S. The van der Waals surface area contributed by atoms with Crippen molar-refractivity contribution in [3.63, 3.8) is 0 Å². The highest BCUT2D eigenvalue weighted by molar-refractivity contribution is 7.13. The molecule has 0 spiro atoms. The number of fused-ring (bicyclic) bond motifs is 2. The fraction of sp³-hybridized carbons (Fsp3) is 0.0526. The van der Waals surface area contributed by atoms with Gasteiger partial charge in [-0.3, -0.25) is 0 Å². The first-order valence-electron chi connectivity index (χ1n) is 7.74. The molecule has 0 aliphatic rings. The topological polar surface area (TPSA) is 46.5 Å². The summed E-state index contributed by atoms with van der Waals surface area (Å²) in [6.45, 7) is 0. The third-order valence-electron chi connectivity index (χ3n) is 4.36. The third kappa shape index (κ3) is 1.91. The zero-order chi connectivity index (χ0) is 16.1. The predicted molar refractivity (Wildman–Crippen MR) is 99.1 cm³/mol. The molecule has 4 nitrogen and oxygen atoms in total. The van der Waals surface area contributed by atoms with Crippen LogP contribution < -0.4 is 0 Å². The summed E-state index contributed by atoms with van der Waals surface area (Å²) in [5.41, 5.74) is 5.39. The van der Waals surface area contributed by atoms with Gasteiger partial charge in [0.1, 0.15) is 10.7 Å². The SMILES string of the molecule is Cn1cc(-c2nc(-c3c[nH]c4ncccc34)cs2)c2ccccc21. The number of rotatable bonds is 2. The van der Waals surface area contributed by atoms with Gasteiger partial charge in [0, 0.05) is 58.4 Å². The lowest BCUT2D eigenvalue weighted by molar-refractivity contribution is 0.970. The zero-order valence-electron chi connectivity index (χ0n) is 13.0. The summed E-state index contributed by atoms with van der Waals surface area (Å²) in [6.07, 6.45) is 5.94. The van der Waals surface area contributed by atoms with Crippen LogP contribution in [0.15, 0.2) is 60.4 Å². The van der Waals surface area contributed by atoms with Gasteiger partial charge in [0.15, 0.2) is 0 Å². The van der Waals surface area contributed by atoms with Crippen LogP contribution in [-0.2, 0) is 7.05 Å². The fourth-order valence-electron chi connectivity index (χ4n) is 3.20. The van der Waals surface area contributed by atoms with Crippen molar-refractivity contribution in [1.82, 2.24) is 19.5 Å². The largest absolute Gasteiger partial charge is 0.350 e. The number of H-pyrrole nitrogens is 1. The van der Waals surface area contributed by atoms with E-state index in [0.717, 1.165) is 27.3 Å². The molecular weight excluding hydrogens is 316 g/mol. The standard InChI is InChI=1S/C19H14N4S/c1-23-10-15(12-5-2-3-7-17(12)23)19-22-16(11-24-19)14-9-21-18-13(14)6-4-8-20-18/h2-11H,1H3,(H,20,21). The number of aryl methyl sites for hydroxylation is 1. The molecule has 116 valence electrons. The molecule has 0 fully saturated rings. The Hall–Kier alpha value is -2.92. The maximum absolute atomic E-state index is 4.89. The van der Waals surface area contributed by atoms with Crippen molar-refractivity contribution in [2.24, 2.45) is 7.05 Å². The predicted octanol–water partition coefficient (Wildman–Crippen LogP) is 4.85. The van der Waals surface area contributed by atoms with Crippen molar-refractivity contribution in [2.45, 2.75) is 0 Å². The number of hydrogen-bond donors (Lipinski definition) is 1. The normalized spacial score (nSPS) is 11.5. The van der Waals surface area contributed by atoms with E-state index in [1.54, 1.807) is 17.5 Å². The molecule has 0 saturated carbocycles. The Morgan fingerprint density at radius 3 is 2.88 bits per heavy atom. The van der Waals surface area contributed by atoms with Crippen LogP contribution in [0.25, 0.3) is 43.8 Å². The van der Waals surface area contributed by atoms with Gasteiger partial charge >= 0.3 is 0 Å². The lowest BCUT2D eigenvalue weighted by Crippen LogP contribution is -1.81. The van der Waals surface area contributed by atoms with Crippen molar-refractivity contribution in [1.29, 1.82) is 0 Å². The molecule has 5 heteroatoms. The zero-order valence-corrected chi connectivity index (χ0v) is 13.8. The fourth-order valence-corrected chi connectivity index (χ4v) is 4.04. The van der Waals surface area contributed by atoms with Gasteiger partial charge in [-0.05, 0) is 18.2 Å². The van der Waals surface area contributed by atoms with Crippen LogP contribution in [0.5, 0.6) is 0 Å². The Morgan fingerprint density at radius 1 is 1.04 bits per heavy atom. The Bertz CT molecular complexity index is 1180. The van der Waals surface area contributed by atoms with Crippen LogP contribution in [0.3, 0.4) is 0 Å². The summed E-state index contributed by atoms with van der Waals surface area (Å²) in [6, 6.07) is 12.5. The van der Waals surface area contributed by atoms with Crippen LogP contribution in [0, 0.1) is 0 Å². The van der Waals surface area contributed by atoms with Crippen LogP contribution in [0.4, 0.5) is 0 Å². The van der Waals surface area contributed by atoms with Crippen molar-refractivity contribution in [2.75, 3.05) is 0 Å². The maximum Gasteiger partial charge on any atom is 0.137 e. The monoisotopic (exact) mass is 330 g/mol. The van der Waals surface area contributed by atoms with Gasteiger partial charge in [-0.2, -0.15) is 0 Å². The molecule has 5 aromatic rings. The molecule has 0 saturated heterocycles. The third-order valence-corrected chi connectivity index (χ3v) is 5.23. The second-order valence-corrected chi connectivity index (χ2v) is 6.67. The molecule has 24 heavy (non-hydrogen) atoms. The molecule has 4 heterocycles. The van der Waals surface area contributed by atoms with E-state index < -0.39 is 0 Å². The first kappa shape index (κ1) is 13.5. The first-order chi connectivity index (χ1) is 11.8. The van der Waals surface area contributed by atoms with Gasteiger partial charge in [-0.25, -0.2) is 9.97 Å².